The van der Waals surface area contributed by atoms with Gasteiger partial charge in [-0.1, -0.05) is 144 Å². The number of benzene rings is 4. The number of aryl methyl sites for hydroxylation is 2. The molecule has 0 atom stereocenters. The molecule has 6 rings (SSSR count). The maximum atomic E-state index is 11.3. The first-order valence-electron chi connectivity index (χ1n) is 18.5. The van der Waals surface area contributed by atoms with Crippen molar-refractivity contribution < 1.29 is 10.2 Å². The molecule has 49 heavy (non-hydrogen) atoms. The third-order valence-electron chi connectivity index (χ3n) is 11.7. The Morgan fingerprint density at radius 2 is 0.776 bits per heavy atom. The van der Waals surface area contributed by atoms with Gasteiger partial charge >= 0.3 is 0 Å². The molecular weight excluding hydrogens is 597 g/mol. The van der Waals surface area contributed by atoms with Crippen LogP contribution in [-0.2, 0) is 53.1 Å². The van der Waals surface area contributed by atoms with Crippen LogP contribution in [0, 0.1) is 0 Å². The van der Waals surface area contributed by atoms with Gasteiger partial charge in [-0.25, -0.2) is 0 Å². The zero-order valence-electron chi connectivity index (χ0n) is 32.4. The lowest BCUT2D eigenvalue weighted by Crippen LogP contribution is -2.25. The van der Waals surface area contributed by atoms with Crippen LogP contribution in [0.2, 0.25) is 0 Å². The lowest BCUT2D eigenvalue weighted by Gasteiger charge is -2.33. The van der Waals surface area contributed by atoms with Crippen molar-refractivity contribution in [1.82, 2.24) is 0 Å². The van der Waals surface area contributed by atoms with Gasteiger partial charge in [0.15, 0.2) is 0 Å². The Balaban J connectivity index is 1.60. The maximum absolute atomic E-state index is 11.3. The summed E-state index contributed by atoms with van der Waals surface area (Å²) in [4.78, 5) is 0. The van der Waals surface area contributed by atoms with Crippen LogP contribution in [0.4, 0.5) is 0 Å². The average molecular weight is 657 g/mol. The van der Waals surface area contributed by atoms with Gasteiger partial charge in [-0.05, 0) is 125 Å². The summed E-state index contributed by atoms with van der Waals surface area (Å²) in [5.41, 5.74) is 17.2. The Kier molecular flexibility index (Phi) is 8.69. The van der Waals surface area contributed by atoms with Crippen molar-refractivity contribution in [2.75, 3.05) is 0 Å². The number of hydrogen-bond donors (Lipinski definition) is 2. The van der Waals surface area contributed by atoms with Crippen molar-refractivity contribution in [3.05, 3.63) is 116 Å². The molecule has 0 fully saturated rings. The van der Waals surface area contributed by atoms with E-state index < -0.39 is 0 Å². The minimum Gasteiger partial charge on any atom is -0.392 e. The molecule has 2 aliphatic carbocycles. The van der Waals surface area contributed by atoms with Crippen LogP contribution in [-0.4, -0.2) is 10.2 Å². The summed E-state index contributed by atoms with van der Waals surface area (Å²) in [5, 5.41) is 22.6. The van der Waals surface area contributed by atoms with Crippen LogP contribution in [0.25, 0.3) is 22.3 Å². The van der Waals surface area contributed by atoms with E-state index in [0.717, 1.165) is 47.9 Å². The number of rotatable bonds is 4. The highest BCUT2D eigenvalue weighted by molar-refractivity contribution is 5.77. The van der Waals surface area contributed by atoms with E-state index in [4.69, 9.17) is 0 Å². The molecule has 2 aliphatic rings. The van der Waals surface area contributed by atoms with Crippen LogP contribution in [0.5, 0.6) is 0 Å². The first-order valence-corrected chi connectivity index (χ1v) is 18.5. The molecule has 0 amide bonds. The molecule has 0 unspecified atom stereocenters. The lowest BCUT2D eigenvalue weighted by atomic mass is 9.71. The molecule has 4 aromatic rings. The van der Waals surface area contributed by atoms with Gasteiger partial charge in [0.2, 0.25) is 0 Å². The maximum Gasteiger partial charge on any atom is 0.0691 e. The Bertz CT molecular complexity index is 1700. The van der Waals surface area contributed by atoms with Crippen LogP contribution in [0.3, 0.4) is 0 Å². The number of fused-ring (bicyclic) bond motifs is 4. The minimum atomic E-state index is -0.226. The highest BCUT2D eigenvalue weighted by Crippen LogP contribution is 2.57. The van der Waals surface area contributed by atoms with E-state index in [1.165, 1.54) is 55.6 Å². The fraction of sp³-hybridized carbons (Fsp3) is 0.489. The topological polar surface area (TPSA) is 40.5 Å². The van der Waals surface area contributed by atoms with E-state index in [1.54, 1.807) is 0 Å². The van der Waals surface area contributed by atoms with E-state index in [2.05, 4.69) is 144 Å². The minimum absolute atomic E-state index is 0.00130. The molecule has 0 heterocycles. The molecule has 0 aliphatic heterocycles. The van der Waals surface area contributed by atoms with Gasteiger partial charge in [0.25, 0.3) is 0 Å². The molecule has 0 radical (unpaired) electrons. The van der Waals surface area contributed by atoms with E-state index in [1.807, 2.05) is 0 Å². The summed E-state index contributed by atoms with van der Waals surface area (Å²) >= 11 is 0. The van der Waals surface area contributed by atoms with Crippen molar-refractivity contribution >= 4 is 0 Å². The highest BCUT2D eigenvalue weighted by Gasteiger charge is 2.48. The van der Waals surface area contributed by atoms with Crippen molar-refractivity contribution in [3.8, 4) is 22.3 Å². The molecule has 2 heteroatoms. The van der Waals surface area contributed by atoms with Crippen LogP contribution in [0.15, 0.2) is 60.7 Å². The van der Waals surface area contributed by atoms with Gasteiger partial charge in [-0.2, -0.15) is 0 Å². The van der Waals surface area contributed by atoms with Gasteiger partial charge in [0, 0.05) is 5.41 Å². The second-order valence-corrected chi connectivity index (χ2v) is 19.2. The summed E-state index contributed by atoms with van der Waals surface area (Å²) in [6.07, 6.45) is 3.99. The highest BCUT2D eigenvalue weighted by atomic mass is 16.3. The fourth-order valence-electron chi connectivity index (χ4n) is 8.62. The van der Waals surface area contributed by atoms with Crippen molar-refractivity contribution in [1.29, 1.82) is 0 Å². The summed E-state index contributed by atoms with van der Waals surface area (Å²) < 4.78 is 0. The quantitative estimate of drug-likeness (QED) is 0.229. The Morgan fingerprint density at radius 1 is 0.469 bits per heavy atom. The molecule has 0 bridgehead atoms. The molecule has 2 nitrogen and oxygen atoms in total. The first-order chi connectivity index (χ1) is 22.7. The van der Waals surface area contributed by atoms with E-state index in [0.29, 0.717) is 0 Å². The fourth-order valence-corrected chi connectivity index (χ4v) is 8.62. The molecule has 4 aromatic carbocycles. The SMILES string of the molecule is CC(C)(C)c1cc(-c2ccc3c(c2CO)C2(CC3)CCc3ccc(-c4cc(C(C)(C)C)cc(C(C)(C)C)c4)c(CO)c32)cc(C(C)(C)C)c1. The molecule has 260 valence electrons. The van der Waals surface area contributed by atoms with Crippen molar-refractivity contribution in [3.63, 3.8) is 0 Å². The molecule has 0 saturated heterocycles. The molecule has 0 aromatic heterocycles. The first kappa shape index (κ1) is 35.6. The van der Waals surface area contributed by atoms with E-state index >= 15 is 0 Å². The second-order valence-electron chi connectivity index (χ2n) is 19.2. The predicted molar refractivity (Wildman–Crippen MR) is 208 cm³/mol. The van der Waals surface area contributed by atoms with Gasteiger partial charge in [0.1, 0.15) is 0 Å². The molecule has 1 spiro atoms. The Morgan fingerprint density at radius 3 is 1.04 bits per heavy atom. The number of aliphatic hydroxyl groups is 2. The van der Waals surface area contributed by atoms with Gasteiger partial charge < -0.3 is 10.2 Å². The normalized spacial score (nSPS) is 16.0. The van der Waals surface area contributed by atoms with Crippen LogP contribution >= 0.6 is 0 Å². The summed E-state index contributed by atoms with van der Waals surface area (Å²) in [5.74, 6) is 0. The number of hydrogen-bond acceptors (Lipinski definition) is 2. The lowest BCUT2D eigenvalue weighted by molar-refractivity contribution is 0.276. The van der Waals surface area contributed by atoms with E-state index in [-0.39, 0.29) is 40.3 Å². The average Bonchev–Trinajstić information content (AvgIpc) is 3.59. The summed E-state index contributed by atoms with van der Waals surface area (Å²) in [7, 11) is 0. The van der Waals surface area contributed by atoms with Gasteiger partial charge in [0.05, 0.1) is 13.2 Å². The van der Waals surface area contributed by atoms with Gasteiger partial charge in [-0.15, -0.1) is 0 Å². The van der Waals surface area contributed by atoms with Gasteiger partial charge in [-0.3, -0.25) is 0 Å². The third-order valence-corrected chi connectivity index (χ3v) is 11.7. The largest absolute Gasteiger partial charge is 0.392 e. The molecule has 0 saturated carbocycles. The van der Waals surface area contributed by atoms with Crippen LogP contribution in [0.1, 0.15) is 152 Å². The monoisotopic (exact) mass is 656 g/mol. The summed E-state index contributed by atoms with van der Waals surface area (Å²) in [6, 6.07) is 23.4. The molecule has 2 N–H and O–H groups in total. The van der Waals surface area contributed by atoms with Crippen molar-refractivity contribution in [2.45, 2.75) is 149 Å². The van der Waals surface area contributed by atoms with Crippen LogP contribution < -0.4 is 0 Å². The zero-order valence-corrected chi connectivity index (χ0v) is 32.4. The van der Waals surface area contributed by atoms with E-state index in [9.17, 15) is 10.2 Å². The standard InChI is InChI=1S/C47H60O2/c1-43(2,3)33-21-31(22-34(25-33)44(4,5)6)37-15-13-29-17-19-47(41(29)39(37)27-48)20-18-30-14-16-38(40(28-49)42(30)47)32-23-35(45(7,8)9)26-36(24-32)46(10,11)12/h13-16,21-26,48-49H,17-20,27-28H2,1-12H3. The smallest absolute Gasteiger partial charge is 0.0691 e. The Hall–Kier alpha value is -3.20. The number of aliphatic hydroxyl groups excluding tert-OH is 2. The Labute approximate surface area is 297 Å². The zero-order chi connectivity index (χ0) is 35.9. The summed E-state index contributed by atoms with van der Waals surface area (Å²) in [6.45, 7) is 27.4. The molecular formula is C47H60O2. The van der Waals surface area contributed by atoms with Crippen molar-refractivity contribution in [2.24, 2.45) is 0 Å². The predicted octanol–water partition coefficient (Wildman–Crippen LogP) is 11.4. The second kappa shape index (κ2) is 12.0. The third kappa shape index (κ3) is 6.23.